The summed E-state index contributed by atoms with van der Waals surface area (Å²) in [7, 11) is 0. The summed E-state index contributed by atoms with van der Waals surface area (Å²) in [5.74, 6) is 0.571. The summed E-state index contributed by atoms with van der Waals surface area (Å²) >= 11 is 14.8. The average molecular weight is 325 g/mol. The zero-order valence-electron chi connectivity index (χ0n) is 8.60. The third-order valence-corrected chi connectivity index (χ3v) is 3.68. The highest BCUT2D eigenvalue weighted by Crippen LogP contribution is 2.30. The molecule has 0 atom stereocenters. The first-order valence-corrected chi connectivity index (χ1v) is 6.65. The molecule has 0 unspecified atom stereocenters. The minimum Gasteiger partial charge on any atom is -0.325 e. The van der Waals surface area contributed by atoms with E-state index in [9.17, 15) is 4.79 Å². The molecule has 0 saturated carbocycles. The number of hydrogen-bond acceptors (Lipinski definition) is 1. The molecule has 0 saturated heterocycles. The fourth-order valence-electron chi connectivity index (χ4n) is 1.19. The second kappa shape index (κ2) is 7.15. The molecule has 0 heterocycles. The summed E-state index contributed by atoms with van der Waals surface area (Å²) < 4.78 is 0.711. The van der Waals surface area contributed by atoms with Crippen molar-refractivity contribution in [3.05, 3.63) is 27.7 Å². The number of anilines is 1. The van der Waals surface area contributed by atoms with E-state index < -0.39 is 0 Å². The van der Waals surface area contributed by atoms with Gasteiger partial charge < -0.3 is 5.32 Å². The number of benzene rings is 1. The molecule has 88 valence electrons. The number of alkyl halides is 1. The molecular formula is C11H12BrCl2NO. The first kappa shape index (κ1) is 13.8. The van der Waals surface area contributed by atoms with Crippen LogP contribution in [0.1, 0.15) is 19.3 Å². The Labute approximate surface area is 113 Å². The molecule has 0 aliphatic heterocycles. The van der Waals surface area contributed by atoms with Crippen molar-refractivity contribution in [1.29, 1.82) is 0 Å². The van der Waals surface area contributed by atoms with Crippen LogP contribution < -0.4 is 5.32 Å². The zero-order valence-corrected chi connectivity index (χ0v) is 11.7. The second-order valence-electron chi connectivity index (χ2n) is 3.30. The molecule has 0 spiro atoms. The van der Waals surface area contributed by atoms with Crippen LogP contribution in [0.3, 0.4) is 0 Å². The molecule has 0 fully saturated rings. The van der Waals surface area contributed by atoms with Gasteiger partial charge in [-0.2, -0.15) is 0 Å². The van der Waals surface area contributed by atoms with Gasteiger partial charge in [-0.05, 0) is 40.9 Å². The molecule has 1 aromatic rings. The highest BCUT2D eigenvalue weighted by molar-refractivity contribution is 9.10. The molecule has 16 heavy (non-hydrogen) atoms. The lowest BCUT2D eigenvalue weighted by Crippen LogP contribution is -2.11. The number of carbonyl (C=O) groups excluding carboxylic acids is 1. The first-order chi connectivity index (χ1) is 7.65. The van der Waals surface area contributed by atoms with Gasteiger partial charge in [0.25, 0.3) is 0 Å². The largest absolute Gasteiger partial charge is 0.325 e. The Morgan fingerprint density at radius 1 is 1.38 bits per heavy atom. The molecule has 0 aromatic heterocycles. The standard InChI is InChI=1S/C11H12BrCl2NO/c12-11-8(14)4-3-5-9(11)15-10(16)6-1-2-7-13/h3-5H,1-2,6-7H2,(H,15,16). The number of rotatable bonds is 5. The summed E-state index contributed by atoms with van der Waals surface area (Å²) in [6.07, 6.45) is 2.13. The van der Waals surface area contributed by atoms with Crippen molar-refractivity contribution in [3.8, 4) is 0 Å². The van der Waals surface area contributed by atoms with Gasteiger partial charge in [0, 0.05) is 12.3 Å². The summed E-state index contributed by atoms with van der Waals surface area (Å²) in [4.78, 5) is 11.5. The van der Waals surface area contributed by atoms with E-state index >= 15 is 0 Å². The molecule has 5 heteroatoms. The maximum Gasteiger partial charge on any atom is 0.224 e. The minimum absolute atomic E-state index is 0.0203. The lowest BCUT2D eigenvalue weighted by Gasteiger charge is -2.07. The van der Waals surface area contributed by atoms with Crippen LogP contribution in [0.4, 0.5) is 5.69 Å². The predicted molar refractivity (Wildman–Crippen MR) is 72.4 cm³/mol. The fraction of sp³-hybridized carbons (Fsp3) is 0.364. The third kappa shape index (κ3) is 4.32. The number of amides is 1. The summed E-state index contributed by atoms with van der Waals surface area (Å²) in [6.45, 7) is 0. The van der Waals surface area contributed by atoms with Crippen LogP contribution in [-0.4, -0.2) is 11.8 Å². The van der Waals surface area contributed by atoms with Gasteiger partial charge in [0.05, 0.1) is 15.2 Å². The number of carbonyl (C=O) groups is 1. The van der Waals surface area contributed by atoms with Crippen LogP contribution in [0.5, 0.6) is 0 Å². The lowest BCUT2D eigenvalue weighted by molar-refractivity contribution is -0.116. The van der Waals surface area contributed by atoms with Crippen LogP contribution in [0.25, 0.3) is 0 Å². The van der Waals surface area contributed by atoms with Gasteiger partial charge >= 0.3 is 0 Å². The summed E-state index contributed by atoms with van der Waals surface area (Å²) in [6, 6.07) is 5.35. The Hall–Kier alpha value is -0.250. The number of hydrogen-bond donors (Lipinski definition) is 1. The average Bonchev–Trinajstić information content (AvgIpc) is 2.25. The number of unbranched alkanes of at least 4 members (excludes halogenated alkanes) is 1. The second-order valence-corrected chi connectivity index (χ2v) is 4.87. The topological polar surface area (TPSA) is 29.1 Å². The smallest absolute Gasteiger partial charge is 0.224 e. The third-order valence-electron chi connectivity index (χ3n) is 2.01. The van der Waals surface area contributed by atoms with E-state index in [1.54, 1.807) is 18.2 Å². The molecule has 0 aliphatic rings. The van der Waals surface area contributed by atoms with Crippen LogP contribution in [-0.2, 0) is 4.79 Å². The predicted octanol–water partition coefficient (Wildman–Crippen LogP) is 4.45. The van der Waals surface area contributed by atoms with Crippen molar-refractivity contribution in [2.45, 2.75) is 19.3 Å². The van der Waals surface area contributed by atoms with E-state index in [4.69, 9.17) is 23.2 Å². The Morgan fingerprint density at radius 3 is 2.81 bits per heavy atom. The molecule has 0 aliphatic carbocycles. The van der Waals surface area contributed by atoms with E-state index in [1.807, 2.05) is 0 Å². The molecular weight excluding hydrogens is 313 g/mol. The molecule has 1 amide bonds. The van der Waals surface area contributed by atoms with Gasteiger partial charge in [0.2, 0.25) is 5.91 Å². The van der Waals surface area contributed by atoms with Crippen molar-refractivity contribution in [3.63, 3.8) is 0 Å². The van der Waals surface area contributed by atoms with E-state index in [1.165, 1.54) is 0 Å². The highest BCUT2D eigenvalue weighted by atomic mass is 79.9. The van der Waals surface area contributed by atoms with Crippen molar-refractivity contribution in [2.24, 2.45) is 0 Å². The molecule has 1 N–H and O–H groups in total. The maximum atomic E-state index is 11.5. The first-order valence-electron chi connectivity index (χ1n) is 4.95. The number of halogens is 3. The van der Waals surface area contributed by atoms with Crippen molar-refractivity contribution in [2.75, 3.05) is 11.2 Å². The quantitative estimate of drug-likeness (QED) is 0.629. The number of nitrogens with one attached hydrogen (secondary N) is 1. The normalized spacial score (nSPS) is 10.2. The Morgan fingerprint density at radius 2 is 2.12 bits per heavy atom. The van der Waals surface area contributed by atoms with Gasteiger partial charge in [-0.1, -0.05) is 17.7 Å². The SMILES string of the molecule is O=C(CCCCCl)Nc1cccc(Cl)c1Br. The van der Waals surface area contributed by atoms with E-state index in [-0.39, 0.29) is 5.91 Å². The Kier molecular flexibility index (Phi) is 6.17. The fourth-order valence-corrected chi connectivity index (χ4v) is 1.92. The van der Waals surface area contributed by atoms with E-state index in [0.29, 0.717) is 27.5 Å². The van der Waals surface area contributed by atoms with Gasteiger partial charge in [0.1, 0.15) is 0 Å². The van der Waals surface area contributed by atoms with Gasteiger partial charge in [0.15, 0.2) is 0 Å². The van der Waals surface area contributed by atoms with Crippen molar-refractivity contribution >= 4 is 50.7 Å². The van der Waals surface area contributed by atoms with Gasteiger partial charge in [-0.3, -0.25) is 4.79 Å². The monoisotopic (exact) mass is 323 g/mol. The van der Waals surface area contributed by atoms with Crippen LogP contribution in [0.15, 0.2) is 22.7 Å². The molecule has 0 radical (unpaired) electrons. The molecule has 2 nitrogen and oxygen atoms in total. The Bertz CT molecular complexity index is 371. The molecule has 1 rings (SSSR count). The van der Waals surface area contributed by atoms with Crippen molar-refractivity contribution < 1.29 is 4.79 Å². The van der Waals surface area contributed by atoms with Crippen molar-refractivity contribution in [1.82, 2.24) is 0 Å². The van der Waals surface area contributed by atoms with Gasteiger partial charge in [-0.25, -0.2) is 0 Å². The maximum absolute atomic E-state index is 11.5. The van der Waals surface area contributed by atoms with Crippen LogP contribution in [0, 0.1) is 0 Å². The van der Waals surface area contributed by atoms with E-state index in [0.717, 1.165) is 12.8 Å². The van der Waals surface area contributed by atoms with Gasteiger partial charge in [-0.15, -0.1) is 11.6 Å². The summed E-state index contributed by atoms with van der Waals surface area (Å²) in [5, 5.41) is 3.38. The minimum atomic E-state index is -0.0203. The lowest BCUT2D eigenvalue weighted by atomic mass is 10.2. The molecule has 1 aromatic carbocycles. The van der Waals surface area contributed by atoms with Crippen LogP contribution >= 0.6 is 39.1 Å². The Balaban J connectivity index is 2.53. The zero-order chi connectivity index (χ0) is 12.0. The van der Waals surface area contributed by atoms with Crippen LogP contribution in [0.2, 0.25) is 5.02 Å². The molecule has 0 bridgehead atoms. The van der Waals surface area contributed by atoms with E-state index in [2.05, 4.69) is 21.2 Å². The highest BCUT2D eigenvalue weighted by Gasteiger charge is 2.07. The summed E-state index contributed by atoms with van der Waals surface area (Å²) in [5.41, 5.74) is 0.698.